The summed E-state index contributed by atoms with van der Waals surface area (Å²) in [5.74, 6) is 1.70. The van der Waals surface area contributed by atoms with Crippen LogP contribution in [0.2, 0.25) is 0 Å². The highest BCUT2D eigenvalue weighted by molar-refractivity contribution is 5.17. The molecule has 2 heteroatoms. The zero-order chi connectivity index (χ0) is 12.6. The largest absolute Gasteiger partial charge is 0.393 e. The van der Waals surface area contributed by atoms with E-state index in [4.69, 9.17) is 0 Å². The third-order valence-electron chi connectivity index (χ3n) is 6.35. The van der Waals surface area contributed by atoms with E-state index in [2.05, 4.69) is 20.8 Å². The molecule has 3 saturated carbocycles. The third-order valence-corrected chi connectivity index (χ3v) is 6.35. The van der Waals surface area contributed by atoms with Gasteiger partial charge >= 0.3 is 0 Å². The molecule has 2 N–H and O–H groups in total. The van der Waals surface area contributed by atoms with E-state index in [1.807, 2.05) is 6.92 Å². The number of rotatable bonds is 0. The first-order chi connectivity index (χ1) is 7.68. The van der Waals surface area contributed by atoms with E-state index in [1.165, 1.54) is 0 Å². The van der Waals surface area contributed by atoms with Crippen LogP contribution in [-0.2, 0) is 0 Å². The van der Waals surface area contributed by atoms with Gasteiger partial charge in [0, 0.05) is 0 Å². The van der Waals surface area contributed by atoms with Gasteiger partial charge in [-0.25, -0.2) is 0 Å². The van der Waals surface area contributed by atoms with E-state index in [9.17, 15) is 10.2 Å². The Morgan fingerprint density at radius 2 is 1.65 bits per heavy atom. The Balaban J connectivity index is 1.92. The maximum Gasteiger partial charge on any atom is 0.0651 e. The highest BCUT2D eigenvalue weighted by atomic mass is 16.3. The van der Waals surface area contributed by atoms with Gasteiger partial charge in [0.15, 0.2) is 0 Å². The zero-order valence-corrected chi connectivity index (χ0v) is 11.5. The Labute approximate surface area is 104 Å². The summed E-state index contributed by atoms with van der Waals surface area (Å²) in [7, 11) is 0. The molecule has 2 nitrogen and oxygen atoms in total. The predicted octanol–water partition coefficient (Wildman–Crippen LogP) is 2.58. The minimum Gasteiger partial charge on any atom is -0.393 e. The van der Waals surface area contributed by atoms with Crippen molar-refractivity contribution in [2.45, 2.75) is 65.1 Å². The van der Waals surface area contributed by atoms with Crippen molar-refractivity contribution in [3.05, 3.63) is 0 Å². The van der Waals surface area contributed by atoms with E-state index < -0.39 is 5.60 Å². The zero-order valence-electron chi connectivity index (χ0n) is 11.5. The monoisotopic (exact) mass is 238 g/mol. The van der Waals surface area contributed by atoms with E-state index in [0.29, 0.717) is 23.2 Å². The molecule has 0 aliphatic heterocycles. The fourth-order valence-electron chi connectivity index (χ4n) is 4.93. The molecule has 3 rings (SSSR count). The number of fused-ring (bicyclic) bond motifs is 3. The van der Waals surface area contributed by atoms with Crippen LogP contribution in [0.15, 0.2) is 0 Å². The number of hydrogen-bond donors (Lipinski definition) is 2. The average molecular weight is 238 g/mol. The van der Waals surface area contributed by atoms with Crippen LogP contribution in [0.4, 0.5) is 0 Å². The van der Waals surface area contributed by atoms with Gasteiger partial charge in [-0.15, -0.1) is 0 Å². The second-order valence-electron chi connectivity index (χ2n) is 8.05. The molecule has 0 radical (unpaired) electrons. The van der Waals surface area contributed by atoms with Crippen molar-refractivity contribution in [2.24, 2.45) is 28.6 Å². The lowest BCUT2D eigenvalue weighted by Gasteiger charge is -2.59. The van der Waals surface area contributed by atoms with Crippen LogP contribution in [-0.4, -0.2) is 21.9 Å². The van der Waals surface area contributed by atoms with Gasteiger partial charge in [-0.05, 0) is 61.2 Å². The molecule has 1 unspecified atom stereocenters. The highest BCUT2D eigenvalue weighted by Crippen LogP contribution is 2.72. The van der Waals surface area contributed by atoms with Crippen molar-refractivity contribution in [3.63, 3.8) is 0 Å². The number of hydrogen-bond acceptors (Lipinski definition) is 2. The summed E-state index contributed by atoms with van der Waals surface area (Å²) in [5, 5.41) is 20.9. The molecule has 0 aromatic carbocycles. The average Bonchev–Trinajstić information content (AvgIpc) is 2.83. The fraction of sp³-hybridized carbons (Fsp3) is 1.00. The molecule has 6 atom stereocenters. The molecule has 0 saturated heterocycles. The first kappa shape index (κ1) is 12.0. The number of aliphatic hydroxyl groups excluding tert-OH is 1. The topological polar surface area (TPSA) is 40.5 Å². The van der Waals surface area contributed by atoms with Gasteiger partial charge in [-0.3, -0.25) is 0 Å². The van der Waals surface area contributed by atoms with E-state index >= 15 is 0 Å². The lowest BCUT2D eigenvalue weighted by atomic mass is 9.48. The summed E-state index contributed by atoms with van der Waals surface area (Å²) in [6.45, 7) is 8.89. The molecule has 0 bridgehead atoms. The SMILES string of the molecule is CC1(C)C[C@H]2C1[C@H]1C[C@@]1(C)[C@H](O)CC[C@]2(C)O. The Hall–Kier alpha value is -0.0800. The van der Waals surface area contributed by atoms with Gasteiger partial charge in [-0.1, -0.05) is 20.8 Å². The maximum absolute atomic E-state index is 10.6. The van der Waals surface area contributed by atoms with Crippen molar-refractivity contribution in [1.82, 2.24) is 0 Å². The summed E-state index contributed by atoms with van der Waals surface area (Å²) < 4.78 is 0. The van der Waals surface area contributed by atoms with Crippen molar-refractivity contribution >= 4 is 0 Å². The standard InChI is InChI=1S/C15H26O2/c1-13(2)7-10-12(13)9-8-14(9,3)11(16)5-6-15(10,4)17/h9-12,16-17H,5-8H2,1-4H3/t9-,10+,11-,12?,14-,15+/m1/s1. The minimum atomic E-state index is -0.564. The van der Waals surface area contributed by atoms with Gasteiger partial charge in [-0.2, -0.15) is 0 Å². The Morgan fingerprint density at radius 3 is 2.24 bits per heavy atom. The van der Waals surface area contributed by atoms with Gasteiger partial charge < -0.3 is 10.2 Å². The van der Waals surface area contributed by atoms with Crippen LogP contribution >= 0.6 is 0 Å². The Kier molecular flexibility index (Phi) is 2.17. The first-order valence-corrected chi connectivity index (χ1v) is 7.09. The molecule has 0 spiro atoms. The highest BCUT2D eigenvalue weighted by Gasteiger charge is 2.68. The molecule has 98 valence electrons. The van der Waals surface area contributed by atoms with Crippen molar-refractivity contribution in [2.75, 3.05) is 0 Å². The fourth-order valence-corrected chi connectivity index (χ4v) is 4.93. The Morgan fingerprint density at radius 1 is 1.00 bits per heavy atom. The van der Waals surface area contributed by atoms with Gasteiger partial charge in [0.1, 0.15) is 0 Å². The molecule has 0 aromatic heterocycles. The lowest BCUT2D eigenvalue weighted by Crippen LogP contribution is -2.57. The van der Waals surface area contributed by atoms with Crippen LogP contribution < -0.4 is 0 Å². The molecule has 3 aliphatic rings. The smallest absolute Gasteiger partial charge is 0.0651 e. The quantitative estimate of drug-likeness (QED) is 0.681. The summed E-state index contributed by atoms with van der Waals surface area (Å²) in [4.78, 5) is 0. The first-order valence-electron chi connectivity index (χ1n) is 7.09. The molecule has 3 aliphatic carbocycles. The van der Waals surface area contributed by atoms with Crippen molar-refractivity contribution in [1.29, 1.82) is 0 Å². The molecule has 0 heterocycles. The second-order valence-corrected chi connectivity index (χ2v) is 8.05. The van der Waals surface area contributed by atoms with Crippen molar-refractivity contribution in [3.8, 4) is 0 Å². The van der Waals surface area contributed by atoms with Crippen LogP contribution in [0.25, 0.3) is 0 Å². The lowest BCUT2D eigenvalue weighted by molar-refractivity contribution is -0.167. The molecule has 0 amide bonds. The molecule has 17 heavy (non-hydrogen) atoms. The van der Waals surface area contributed by atoms with Crippen LogP contribution in [0.5, 0.6) is 0 Å². The predicted molar refractivity (Wildman–Crippen MR) is 67.5 cm³/mol. The molecule has 0 aromatic rings. The maximum atomic E-state index is 10.6. The van der Waals surface area contributed by atoms with Crippen molar-refractivity contribution < 1.29 is 10.2 Å². The Bertz CT molecular complexity index is 347. The number of aliphatic hydroxyl groups is 2. The third kappa shape index (κ3) is 1.46. The van der Waals surface area contributed by atoms with Crippen LogP contribution in [0.3, 0.4) is 0 Å². The van der Waals surface area contributed by atoms with Gasteiger partial charge in [0.05, 0.1) is 11.7 Å². The van der Waals surface area contributed by atoms with Crippen LogP contribution in [0.1, 0.15) is 53.4 Å². The molecule has 3 fully saturated rings. The summed E-state index contributed by atoms with van der Waals surface area (Å²) >= 11 is 0. The summed E-state index contributed by atoms with van der Waals surface area (Å²) in [5.41, 5.74) is -0.0592. The van der Waals surface area contributed by atoms with E-state index in [0.717, 1.165) is 25.7 Å². The van der Waals surface area contributed by atoms with E-state index in [1.54, 1.807) is 0 Å². The van der Waals surface area contributed by atoms with E-state index in [-0.39, 0.29) is 11.5 Å². The normalized spacial score (nSPS) is 60.4. The summed E-state index contributed by atoms with van der Waals surface area (Å²) in [6.07, 6.45) is 3.62. The van der Waals surface area contributed by atoms with Gasteiger partial charge in [0.2, 0.25) is 0 Å². The second kappa shape index (κ2) is 3.08. The molecular weight excluding hydrogens is 212 g/mol. The minimum absolute atomic E-state index is 0.150. The summed E-state index contributed by atoms with van der Waals surface area (Å²) in [6, 6.07) is 0. The van der Waals surface area contributed by atoms with Crippen LogP contribution in [0, 0.1) is 28.6 Å². The van der Waals surface area contributed by atoms with Gasteiger partial charge in [0.25, 0.3) is 0 Å². The molecular formula is C15H26O2.